The van der Waals surface area contributed by atoms with Crippen LogP contribution in [0.4, 0.5) is 13.2 Å². The van der Waals surface area contributed by atoms with Crippen LogP contribution in [0, 0.1) is 0 Å². The molecule has 2 aromatic rings. The molecule has 0 aliphatic carbocycles. The Hall–Kier alpha value is -2.43. The average Bonchev–Trinajstić information content (AvgIpc) is 2.49. The van der Waals surface area contributed by atoms with E-state index in [-0.39, 0.29) is 11.1 Å². The van der Waals surface area contributed by atoms with E-state index in [1.807, 2.05) is 0 Å². The fraction of sp³-hybridized carbons (Fsp3) is 0.0667. The molecule has 20 heavy (non-hydrogen) atoms. The van der Waals surface area contributed by atoms with Crippen molar-refractivity contribution in [3.05, 3.63) is 66.0 Å². The van der Waals surface area contributed by atoms with Gasteiger partial charge in [-0.2, -0.15) is 0 Å². The summed E-state index contributed by atoms with van der Waals surface area (Å²) >= 11 is 0. The number of alkyl halides is 2. The van der Waals surface area contributed by atoms with Gasteiger partial charge in [-0.3, -0.25) is 9.78 Å². The summed E-state index contributed by atoms with van der Waals surface area (Å²) in [7, 11) is 0. The number of carbonyl (C=O) groups is 1. The van der Waals surface area contributed by atoms with E-state index < -0.39 is 23.6 Å². The fourth-order valence-electron chi connectivity index (χ4n) is 1.73. The first-order valence-corrected chi connectivity index (χ1v) is 5.79. The van der Waals surface area contributed by atoms with E-state index in [0.29, 0.717) is 0 Å². The van der Waals surface area contributed by atoms with E-state index >= 15 is 0 Å². The second-order valence-corrected chi connectivity index (χ2v) is 3.96. The van der Waals surface area contributed by atoms with E-state index in [2.05, 4.69) is 4.98 Å². The number of rotatable bonds is 4. The molecule has 0 saturated heterocycles. The van der Waals surface area contributed by atoms with Crippen molar-refractivity contribution in [2.45, 2.75) is 6.43 Å². The summed E-state index contributed by atoms with van der Waals surface area (Å²) in [4.78, 5) is 15.3. The first kappa shape index (κ1) is 14.0. The van der Waals surface area contributed by atoms with Gasteiger partial charge in [0.25, 0.3) is 0 Å². The molecule has 0 saturated carbocycles. The zero-order valence-corrected chi connectivity index (χ0v) is 10.3. The number of halogens is 3. The van der Waals surface area contributed by atoms with Crippen molar-refractivity contribution in [3.8, 4) is 0 Å². The van der Waals surface area contributed by atoms with Crippen LogP contribution < -0.4 is 0 Å². The van der Waals surface area contributed by atoms with Crippen LogP contribution in [0.1, 0.15) is 11.1 Å². The molecule has 0 atom stereocenters. The Kier molecular flexibility index (Phi) is 4.30. The molecule has 0 N–H and O–H groups in total. The van der Waals surface area contributed by atoms with Gasteiger partial charge in [-0.1, -0.05) is 30.3 Å². The van der Waals surface area contributed by atoms with Crippen LogP contribution in [-0.2, 0) is 4.79 Å². The van der Waals surface area contributed by atoms with Gasteiger partial charge >= 0.3 is 6.43 Å². The van der Waals surface area contributed by atoms with Gasteiger partial charge in [-0.05, 0) is 17.7 Å². The van der Waals surface area contributed by atoms with Gasteiger partial charge in [0.1, 0.15) is 5.83 Å². The third-order valence-corrected chi connectivity index (χ3v) is 2.66. The van der Waals surface area contributed by atoms with Crippen LogP contribution >= 0.6 is 0 Å². The normalized spacial score (nSPS) is 12.2. The average molecular weight is 277 g/mol. The highest BCUT2D eigenvalue weighted by atomic mass is 19.3. The molecule has 0 bridgehead atoms. The molecule has 1 heterocycles. The molecule has 0 amide bonds. The highest BCUT2D eigenvalue weighted by molar-refractivity contribution is 6.28. The predicted octanol–water partition coefficient (Wildman–Crippen LogP) is 3.75. The first-order chi connectivity index (χ1) is 9.61. The first-order valence-electron chi connectivity index (χ1n) is 5.79. The van der Waals surface area contributed by atoms with Gasteiger partial charge in [0, 0.05) is 18.0 Å². The molecule has 2 rings (SSSR count). The Morgan fingerprint density at radius 1 is 0.950 bits per heavy atom. The highest BCUT2D eigenvalue weighted by Crippen LogP contribution is 2.29. The number of aromatic nitrogens is 1. The van der Waals surface area contributed by atoms with E-state index in [9.17, 15) is 18.0 Å². The number of allylic oxidation sites excluding steroid dienone is 1. The minimum absolute atomic E-state index is 0.0350. The number of benzene rings is 1. The molecular formula is C15H10F3NO. The highest BCUT2D eigenvalue weighted by Gasteiger charge is 2.26. The Morgan fingerprint density at radius 2 is 1.55 bits per heavy atom. The van der Waals surface area contributed by atoms with Gasteiger partial charge in [-0.25, -0.2) is 13.2 Å². The number of pyridine rings is 1. The predicted molar refractivity (Wildman–Crippen MR) is 69.6 cm³/mol. The Bertz CT molecular complexity index is 624. The van der Waals surface area contributed by atoms with Gasteiger partial charge in [0.05, 0.1) is 5.57 Å². The van der Waals surface area contributed by atoms with E-state index in [1.54, 1.807) is 18.2 Å². The molecule has 0 aliphatic rings. The molecule has 102 valence electrons. The lowest BCUT2D eigenvalue weighted by molar-refractivity contribution is -0.123. The SMILES string of the molecule is O=C(C(=C(F)c1ccncc1)c1ccccc1)C(F)F. The van der Waals surface area contributed by atoms with Crippen LogP contribution in [0.15, 0.2) is 54.9 Å². The van der Waals surface area contributed by atoms with Crippen LogP contribution in [-0.4, -0.2) is 17.2 Å². The molecule has 1 aromatic carbocycles. The van der Waals surface area contributed by atoms with Gasteiger partial charge < -0.3 is 0 Å². The number of carbonyl (C=O) groups excluding carboxylic acids is 1. The van der Waals surface area contributed by atoms with Crippen LogP contribution in [0.5, 0.6) is 0 Å². The number of ketones is 1. The number of hydrogen-bond donors (Lipinski definition) is 0. The summed E-state index contributed by atoms with van der Waals surface area (Å²) in [5.74, 6) is -2.52. The summed E-state index contributed by atoms with van der Waals surface area (Å²) in [6.07, 6.45) is -0.618. The summed E-state index contributed by atoms with van der Waals surface area (Å²) in [5.41, 5.74) is -0.466. The van der Waals surface area contributed by atoms with Crippen molar-refractivity contribution in [3.63, 3.8) is 0 Å². The Morgan fingerprint density at radius 3 is 2.10 bits per heavy atom. The van der Waals surface area contributed by atoms with Crippen LogP contribution in [0.3, 0.4) is 0 Å². The van der Waals surface area contributed by atoms with Gasteiger partial charge in [-0.15, -0.1) is 0 Å². The van der Waals surface area contributed by atoms with Crippen molar-refractivity contribution in [2.75, 3.05) is 0 Å². The molecule has 1 aromatic heterocycles. The van der Waals surface area contributed by atoms with Gasteiger partial charge in [0.2, 0.25) is 5.78 Å². The van der Waals surface area contributed by atoms with Crippen molar-refractivity contribution in [1.82, 2.24) is 4.98 Å². The number of hydrogen-bond acceptors (Lipinski definition) is 2. The zero-order valence-electron chi connectivity index (χ0n) is 10.3. The van der Waals surface area contributed by atoms with E-state index in [0.717, 1.165) is 0 Å². The summed E-state index contributed by atoms with van der Waals surface area (Å²) in [6, 6.07) is 10.2. The van der Waals surface area contributed by atoms with E-state index in [4.69, 9.17) is 0 Å². The molecule has 0 fully saturated rings. The largest absolute Gasteiger partial charge is 0.300 e. The van der Waals surface area contributed by atoms with Crippen molar-refractivity contribution in [1.29, 1.82) is 0 Å². The van der Waals surface area contributed by atoms with Crippen molar-refractivity contribution in [2.24, 2.45) is 0 Å². The zero-order chi connectivity index (χ0) is 14.5. The van der Waals surface area contributed by atoms with Crippen LogP contribution in [0.2, 0.25) is 0 Å². The van der Waals surface area contributed by atoms with Crippen LogP contribution in [0.25, 0.3) is 11.4 Å². The topological polar surface area (TPSA) is 30.0 Å². The lowest BCUT2D eigenvalue weighted by Gasteiger charge is -2.09. The molecule has 0 spiro atoms. The number of Topliss-reactive ketones (excluding diaryl/α,β-unsaturated/α-hetero) is 1. The molecule has 0 unspecified atom stereocenters. The van der Waals surface area contributed by atoms with Gasteiger partial charge in [0.15, 0.2) is 0 Å². The third-order valence-electron chi connectivity index (χ3n) is 2.66. The fourth-order valence-corrected chi connectivity index (χ4v) is 1.73. The summed E-state index contributed by atoms with van der Waals surface area (Å²) in [6.45, 7) is 0. The minimum atomic E-state index is -3.27. The Balaban J connectivity index is 2.61. The maximum atomic E-state index is 14.4. The minimum Gasteiger partial charge on any atom is -0.288 e. The quantitative estimate of drug-likeness (QED) is 0.796. The molecular weight excluding hydrogens is 267 g/mol. The monoisotopic (exact) mass is 277 g/mol. The van der Waals surface area contributed by atoms with E-state index in [1.165, 1.54) is 36.7 Å². The lowest BCUT2D eigenvalue weighted by Crippen LogP contribution is -2.13. The third kappa shape index (κ3) is 2.93. The maximum Gasteiger partial charge on any atom is 0.300 e. The summed E-state index contributed by atoms with van der Waals surface area (Å²) in [5, 5.41) is 0. The standard InChI is InChI=1S/C15H10F3NO/c16-13(11-6-8-19-9-7-11)12(14(20)15(17)18)10-4-2-1-3-5-10/h1-9,15H. The summed E-state index contributed by atoms with van der Waals surface area (Å²) < 4.78 is 39.7. The van der Waals surface area contributed by atoms with Crippen molar-refractivity contribution >= 4 is 17.2 Å². The molecule has 0 radical (unpaired) electrons. The molecule has 0 aliphatic heterocycles. The maximum absolute atomic E-state index is 14.4. The smallest absolute Gasteiger partial charge is 0.288 e. The molecule has 2 nitrogen and oxygen atoms in total. The number of nitrogens with zero attached hydrogens (tertiary/aromatic N) is 1. The Labute approximate surface area is 113 Å². The van der Waals surface area contributed by atoms with Crippen molar-refractivity contribution < 1.29 is 18.0 Å². The second-order valence-electron chi connectivity index (χ2n) is 3.96. The second kappa shape index (κ2) is 6.14. The lowest BCUT2D eigenvalue weighted by atomic mass is 9.98. The molecule has 5 heteroatoms.